The number of aliphatic carboxylic acids is 2. The molecule has 1 heterocycles. The molecule has 0 atom stereocenters. The van der Waals surface area contributed by atoms with Crippen LogP contribution in [-0.2, 0) is 9.59 Å². The van der Waals surface area contributed by atoms with Crippen LogP contribution in [0.25, 0.3) is 0 Å². The first-order valence-electron chi connectivity index (χ1n) is 3.81. The molecule has 3 N–H and O–H groups in total. The minimum Gasteiger partial charge on any atom is -0.481 e. The maximum atomic E-state index is 9.64. The summed E-state index contributed by atoms with van der Waals surface area (Å²) in [4.78, 5) is 19.3. The number of hydrogen-bond donors (Lipinski definition) is 3. The molecule has 74 valence electrons. The topological polar surface area (TPSA) is 99.0 Å². The van der Waals surface area contributed by atoms with Crippen molar-refractivity contribution in [3.05, 3.63) is 0 Å². The van der Waals surface area contributed by atoms with E-state index in [0.29, 0.717) is 9.31 Å². The monoisotopic (exact) mass is 204 g/mol. The Morgan fingerprint density at radius 1 is 1.31 bits per heavy atom. The van der Waals surface area contributed by atoms with Crippen LogP contribution in [0.4, 0.5) is 0 Å². The quantitative estimate of drug-likeness (QED) is 0.537. The normalized spacial score (nSPS) is 12.6. The van der Waals surface area contributed by atoms with Crippen LogP contribution in [0.3, 0.4) is 0 Å². The van der Waals surface area contributed by atoms with Gasteiger partial charge in [0.1, 0.15) is 9.31 Å². The van der Waals surface area contributed by atoms with Gasteiger partial charge < -0.3 is 15.6 Å². The maximum Gasteiger partial charge on any atom is 0.303 e. The summed E-state index contributed by atoms with van der Waals surface area (Å²) < 4.78 is 3.92. The Kier molecular flexibility index (Phi) is 6.70. The van der Waals surface area contributed by atoms with Gasteiger partial charge in [0.15, 0.2) is 0 Å². The Labute approximate surface area is 77.5 Å². The molecule has 0 fully saturated rings. The zero-order valence-electron chi connectivity index (χ0n) is 7.06. The molecule has 0 bridgehead atoms. The van der Waals surface area contributed by atoms with Gasteiger partial charge in [-0.1, -0.05) is 0 Å². The van der Waals surface area contributed by atoms with Gasteiger partial charge in [-0.25, -0.2) is 4.74 Å². The number of nitrogens with one attached hydrogen (secondary N) is 1. The first kappa shape index (κ1) is 11.8. The largest absolute Gasteiger partial charge is 0.481 e. The fraction of sp³-hybridized carbons (Fsp3) is 0.667. The number of carboxylic acid groups (broad SMARTS) is 2. The SMILES string of the molecule is C1C[SiH]=NN1.O=C(O)CCC(=O)O. The van der Waals surface area contributed by atoms with E-state index in [9.17, 15) is 9.59 Å². The van der Waals surface area contributed by atoms with Gasteiger partial charge in [-0.3, -0.25) is 9.59 Å². The number of hydrogen-bond acceptors (Lipinski definition) is 4. The summed E-state index contributed by atoms with van der Waals surface area (Å²) in [6.07, 6.45) is -0.593. The molecule has 13 heavy (non-hydrogen) atoms. The van der Waals surface area contributed by atoms with Crippen LogP contribution in [0.1, 0.15) is 12.8 Å². The molecular weight excluding hydrogens is 192 g/mol. The fourth-order valence-corrected chi connectivity index (χ4v) is 1.18. The van der Waals surface area contributed by atoms with E-state index in [0.717, 1.165) is 6.54 Å². The summed E-state index contributed by atoms with van der Waals surface area (Å²) in [6, 6.07) is 1.31. The average Bonchev–Trinajstić information content (AvgIpc) is 2.57. The highest BCUT2D eigenvalue weighted by Crippen LogP contribution is 1.86. The third kappa shape index (κ3) is 10.8. The van der Waals surface area contributed by atoms with E-state index in [4.69, 9.17) is 10.2 Å². The smallest absolute Gasteiger partial charge is 0.303 e. The van der Waals surface area contributed by atoms with Crippen molar-refractivity contribution < 1.29 is 19.8 Å². The van der Waals surface area contributed by atoms with Gasteiger partial charge in [0.05, 0.1) is 12.8 Å². The molecule has 1 aliphatic rings. The van der Waals surface area contributed by atoms with Crippen LogP contribution in [0.5, 0.6) is 0 Å². The minimum atomic E-state index is -1.08. The van der Waals surface area contributed by atoms with Crippen molar-refractivity contribution in [3.8, 4) is 0 Å². The number of rotatable bonds is 3. The molecule has 0 aromatic rings. The lowest BCUT2D eigenvalue weighted by molar-refractivity contribution is -0.143. The van der Waals surface area contributed by atoms with Crippen LogP contribution < -0.4 is 5.43 Å². The summed E-state index contributed by atoms with van der Waals surface area (Å²) in [5, 5.41) is 15.8. The molecule has 6 nitrogen and oxygen atoms in total. The molecule has 0 amide bonds. The molecule has 0 radical (unpaired) electrons. The average molecular weight is 204 g/mol. The van der Waals surface area contributed by atoms with Gasteiger partial charge >= 0.3 is 11.9 Å². The van der Waals surface area contributed by atoms with Crippen molar-refractivity contribution in [3.63, 3.8) is 0 Å². The summed E-state index contributed by atoms with van der Waals surface area (Å²) in [5.41, 5.74) is 2.88. The fourth-order valence-electron chi connectivity index (χ4n) is 0.537. The molecular formula is C6H12N2O4Si. The van der Waals surface area contributed by atoms with Crippen LogP contribution in [-0.4, -0.2) is 38.0 Å². The van der Waals surface area contributed by atoms with Gasteiger partial charge in [0.2, 0.25) is 0 Å². The first-order chi connectivity index (χ1) is 6.13. The van der Waals surface area contributed by atoms with Gasteiger partial charge in [-0.15, -0.1) is 0 Å². The van der Waals surface area contributed by atoms with E-state index in [2.05, 4.69) is 10.2 Å². The second-order valence-corrected chi connectivity index (χ2v) is 3.50. The van der Waals surface area contributed by atoms with Crippen LogP contribution in [0.2, 0.25) is 6.04 Å². The highest BCUT2D eigenvalue weighted by molar-refractivity contribution is 6.22. The summed E-state index contributed by atoms with van der Waals surface area (Å²) in [7, 11) is 0.440. The highest BCUT2D eigenvalue weighted by Gasteiger charge is 2.00. The molecule has 7 heteroatoms. The van der Waals surface area contributed by atoms with Gasteiger partial charge in [0, 0.05) is 6.54 Å². The molecule has 0 spiro atoms. The Bertz CT molecular complexity index is 187. The molecule has 0 aromatic carbocycles. The van der Waals surface area contributed by atoms with E-state index >= 15 is 0 Å². The Morgan fingerprint density at radius 2 is 1.85 bits per heavy atom. The van der Waals surface area contributed by atoms with Crippen molar-refractivity contribution in [2.24, 2.45) is 4.74 Å². The lowest BCUT2D eigenvalue weighted by Gasteiger charge is -1.85. The predicted octanol–water partition coefficient (Wildman–Crippen LogP) is -0.521. The van der Waals surface area contributed by atoms with Gasteiger partial charge in [-0.2, -0.15) is 0 Å². The number of carbonyl (C=O) groups is 2. The van der Waals surface area contributed by atoms with Gasteiger partial charge in [0.25, 0.3) is 0 Å². The van der Waals surface area contributed by atoms with E-state index in [-0.39, 0.29) is 12.8 Å². The van der Waals surface area contributed by atoms with Crippen molar-refractivity contribution >= 4 is 21.3 Å². The zero-order valence-corrected chi connectivity index (χ0v) is 8.22. The molecule has 0 unspecified atom stereocenters. The highest BCUT2D eigenvalue weighted by atomic mass is 28.2. The van der Waals surface area contributed by atoms with Crippen molar-refractivity contribution in [1.29, 1.82) is 0 Å². The van der Waals surface area contributed by atoms with E-state index in [1.807, 2.05) is 0 Å². The third-order valence-electron chi connectivity index (χ3n) is 1.12. The zero-order chi connectivity index (χ0) is 10.1. The first-order valence-corrected chi connectivity index (χ1v) is 5.14. The lowest BCUT2D eigenvalue weighted by atomic mass is 10.3. The van der Waals surface area contributed by atoms with E-state index < -0.39 is 11.9 Å². The van der Waals surface area contributed by atoms with E-state index in [1.54, 1.807) is 0 Å². The molecule has 0 saturated heterocycles. The Morgan fingerprint density at radius 3 is 2.00 bits per heavy atom. The second kappa shape index (κ2) is 7.41. The lowest BCUT2D eigenvalue weighted by Crippen LogP contribution is -2.00. The molecule has 1 aliphatic heterocycles. The standard InChI is InChI=1S/C4H6O4.C2H6N2Si/c5-3(6)1-2-4(7)8;1-2-5-4-3-1/h1-2H2,(H,5,6)(H,7,8);3,5H,1-2H2. The summed E-state index contributed by atoms with van der Waals surface area (Å²) in [5.74, 6) is -2.15. The van der Waals surface area contributed by atoms with Crippen molar-refractivity contribution in [2.75, 3.05) is 6.54 Å². The van der Waals surface area contributed by atoms with Crippen LogP contribution in [0, 0.1) is 0 Å². The van der Waals surface area contributed by atoms with Gasteiger partial charge in [-0.05, 0) is 6.04 Å². The van der Waals surface area contributed by atoms with Crippen molar-refractivity contribution in [2.45, 2.75) is 18.9 Å². The summed E-state index contributed by atoms with van der Waals surface area (Å²) in [6.45, 7) is 1.12. The second-order valence-electron chi connectivity index (χ2n) is 2.30. The maximum absolute atomic E-state index is 9.64. The number of carboxylic acids is 2. The number of nitrogens with zero attached hydrogens (tertiary/aromatic N) is 1. The van der Waals surface area contributed by atoms with Crippen molar-refractivity contribution in [1.82, 2.24) is 5.43 Å². The third-order valence-corrected chi connectivity index (χ3v) is 2.03. The molecule has 0 aliphatic carbocycles. The predicted molar refractivity (Wildman–Crippen MR) is 46.9 cm³/mol. The Hall–Kier alpha value is -1.24. The molecule has 0 saturated carbocycles. The van der Waals surface area contributed by atoms with E-state index in [1.165, 1.54) is 6.04 Å². The van der Waals surface area contributed by atoms with Crippen LogP contribution >= 0.6 is 0 Å². The molecule has 1 rings (SSSR count). The minimum absolute atomic E-state index is 0.296. The molecule has 0 aromatic heterocycles. The Balaban J connectivity index is 0.000000243. The van der Waals surface area contributed by atoms with Crippen LogP contribution in [0.15, 0.2) is 4.74 Å². The summed E-state index contributed by atoms with van der Waals surface area (Å²) >= 11 is 0.